The topological polar surface area (TPSA) is 77.8 Å². The van der Waals surface area contributed by atoms with Crippen LogP contribution in [0.4, 0.5) is 0 Å². The van der Waals surface area contributed by atoms with Crippen molar-refractivity contribution in [3.05, 3.63) is 0 Å². The number of carbonyl (C=O) groups is 2. The smallest absolute Gasteiger partial charge is 0.326 e. The van der Waals surface area contributed by atoms with E-state index in [2.05, 4.69) is 0 Å². The van der Waals surface area contributed by atoms with Crippen LogP contribution in [0, 0.1) is 0 Å². The third-order valence-electron chi connectivity index (χ3n) is 2.00. The molecular formula is C7H10ClNO4. The molecule has 6 heteroatoms. The summed E-state index contributed by atoms with van der Waals surface area (Å²) >= 11 is 5.28. The lowest BCUT2D eigenvalue weighted by Gasteiger charge is -2.19. The molecule has 2 N–H and O–H groups in total. The first-order valence-electron chi connectivity index (χ1n) is 3.82. The zero-order chi connectivity index (χ0) is 10.0. The first-order chi connectivity index (χ1) is 6.06. The van der Waals surface area contributed by atoms with E-state index in [4.69, 9.17) is 21.8 Å². The molecule has 0 aliphatic carbocycles. The van der Waals surface area contributed by atoms with E-state index in [1.807, 2.05) is 0 Å². The van der Waals surface area contributed by atoms with Gasteiger partial charge in [0, 0.05) is 13.0 Å². The van der Waals surface area contributed by atoms with Gasteiger partial charge in [-0.2, -0.15) is 0 Å². The summed E-state index contributed by atoms with van der Waals surface area (Å²) in [5.74, 6) is -1.81. The molecule has 0 spiro atoms. The Kier molecular flexibility index (Phi) is 3.11. The molecule has 0 bridgehead atoms. The number of nitrogens with zero attached hydrogens (tertiary/aromatic N) is 1. The summed E-state index contributed by atoms with van der Waals surface area (Å²) in [7, 11) is 0. The van der Waals surface area contributed by atoms with Gasteiger partial charge in [-0.05, 0) is 0 Å². The largest absolute Gasteiger partial charge is 0.480 e. The monoisotopic (exact) mass is 207 g/mol. The van der Waals surface area contributed by atoms with Crippen LogP contribution < -0.4 is 0 Å². The second-order valence-electron chi connectivity index (χ2n) is 2.92. The zero-order valence-corrected chi connectivity index (χ0v) is 7.57. The predicted octanol–water partition coefficient (Wildman–Crippen LogP) is -0.728. The van der Waals surface area contributed by atoms with Gasteiger partial charge in [-0.15, -0.1) is 11.6 Å². The van der Waals surface area contributed by atoms with Gasteiger partial charge in [0.15, 0.2) is 0 Å². The minimum atomic E-state index is -1.10. The molecule has 74 valence electrons. The minimum absolute atomic E-state index is 0.0581. The van der Waals surface area contributed by atoms with Crippen molar-refractivity contribution in [2.75, 3.05) is 12.4 Å². The average molecular weight is 208 g/mol. The van der Waals surface area contributed by atoms with Crippen LogP contribution in [0.1, 0.15) is 6.42 Å². The lowest BCUT2D eigenvalue weighted by molar-refractivity contribution is -0.147. The number of hydrogen-bond donors (Lipinski definition) is 2. The molecule has 1 heterocycles. The number of carboxylic acids is 1. The van der Waals surface area contributed by atoms with E-state index in [0.29, 0.717) is 0 Å². The van der Waals surface area contributed by atoms with Crippen LogP contribution in [-0.4, -0.2) is 51.6 Å². The van der Waals surface area contributed by atoms with Gasteiger partial charge in [0.1, 0.15) is 11.9 Å². The Bertz CT molecular complexity index is 233. The third kappa shape index (κ3) is 2.10. The number of hydrogen-bond acceptors (Lipinski definition) is 3. The van der Waals surface area contributed by atoms with Crippen molar-refractivity contribution in [1.82, 2.24) is 4.90 Å². The molecule has 0 radical (unpaired) electrons. The summed E-state index contributed by atoms with van der Waals surface area (Å²) in [6, 6.07) is -0.929. The number of aliphatic hydroxyl groups is 1. The van der Waals surface area contributed by atoms with Crippen molar-refractivity contribution in [3.63, 3.8) is 0 Å². The molecule has 1 fully saturated rings. The Morgan fingerprint density at radius 3 is 2.62 bits per heavy atom. The number of carboxylic acid groups (broad SMARTS) is 1. The molecule has 13 heavy (non-hydrogen) atoms. The Labute approximate surface area is 79.9 Å². The number of alkyl halides is 1. The highest BCUT2D eigenvalue weighted by atomic mass is 35.5. The molecule has 1 rings (SSSR count). The number of likely N-dealkylation sites (tertiary alicyclic amines) is 1. The summed E-state index contributed by atoms with van der Waals surface area (Å²) in [4.78, 5) is 22.8. The van der Waals surface area contributed by atoms with Gasteiger partial charge < -0.3 is 15.1 Å². The number of β-amino-alcohol motifs (C(OH)–C–C–N with tert-alkyl or cyclic N) is 1. The summed E-state index contributed by atoms with van der Waals surface area (Å²) in [6.45, 7) is 0.0581. The number of carbonyl (C=O) groups excluding carboxylic acids is 1. The van der Waals surface area contributed by atoms with Gasteiger partial charge >= 0.3 is 5.97 Å². The Morgan fingerprint density at radius 1 is 1.54 bits per heavy atom. The van der Waals surface area contributed by atoms with E-state index in [1.165, 1.54) is 0 Å². The molecular weight excluding hydrogens is 198 g/mol. The normalized spacial score (nSPS) is 27.7. The third-order valence-corrected chi connectivity index (χ3v) is 2.23. The summed E-state index contributed by atoms with van der Waals surface area (Å²) in [5, 5.41) is 17.9. The van der Waals surface area contributed by atoms with Gasteiger partial charge in [0.2, 0.25) is 5.91 Å². The van der Waals surface area contributed by atoms with Crippen LogP contribution in [-0.2, 0) is 9.59 Å². The molecule has 0 saturated carbocycles. The molecule has 0 aromatic rings. The fraction of sp³-hybridized carbons (Fsp3) is 0.714. The van der Waals surface area contributed by atoms with Crippen molar-refractivity contribution in [2.24, 2.45) is 0 Å². The van der Waals surface area contributed by atoms with Crippen LogP contribution in [0.5, 0.6) is 0 Å². The minimum Gasteiger partial charge on any atom is -0.480 e. The second kappa shape index (κ2) is 3.93. The van der Waals surface area contributed by atoms with E-state index >= 15 is 0 Å². The highest BCUT2D eigenvalue weighted by molar-refractivity contribution is 6.27. The van der Waals surface area contributed by atoms with E-state index in [1.54, 1.807) is 0 Å². The molecule has 1 saturated heterocycles. The maximum atomic E-state index is 11.1. The van der Waals surface area contributed by atoms with Crippen LogP contribution in [0.3, 0.4) is 0 Å². The summed E-state index contributed by atoms with van der Waals surface area (Å²) < 4.78 is 0. The molecule has 1 aliphatic heterocycles. The van der Waals surface area contributed by atoms with Crippen molar-refractivity contribution >= 4 is 23.5 Å². The SMILES string of the molecule is O=C(O)[C@@H]1CC(O)CN1C(=O)CCl. The zero-order valence-electron chi connectivity index (χ0n) is 6.81. The predicted molar refractivity (Wildman–Crippen MR) is 44.5 cm³/mol. The molecule has 1 amide bonds. The van der Waals surface area contributed by atoms with E-state index in [9.17, 15) is 9.59 Å². The van der Waals surface area contributed by atoms with Crippen LogP contribution in [0.2, 0.25) is 0 Å². The lowest BCUT2D eigenvalue weighted by Crippen LogP contribution is -2.41. The molecule has 1 unspecified atom stereocenters. The van der Waals surface area contributed by atoms with Gasteiger partial charge in [-0.25, -0.2) is 4.79 Å². The molecule has 0 aromatic carbocycles. The average Bonchev–Trinajstić information content (AvgIpc) is 2.46. The highest BCUT2D eigenvalue weighted by Gasteiger charge is 2.38. The Balaban J connectivity index is 2.71. The quantitative estimate of drug-likeness (QED) is 0.586. The fourth-order valence-electron chi connectivity index (χ4n) is 1.40. The van der Waals surface area contributed by atoms with Crippen molar-refractivity contribution in [3.8, 4) is 0 Å². The summed E-state index contributed by atoms with van der Waals surface area (Å²) in [6.07, 6.45) is -0.675. The van der Waals surface area contributed by atoms with Crippen LogP contribution in [0.25, 0.3) is 0 Å². The molecule has 0 aromatic heterocycles. The van der Waals surface area contributed by atoms with E-state index in [-0.39, 0.29) is 18.8 Å². The summed E-state index contributed by atoms with van der Waals surface area (Å²) in [5.41, 5.74) is 0. The lowest BCUT2D eigenvalue weighted by atomic mass is 10.2. The maximum absolute atomic E-state index is 11.1. The number of rotatable bonds is 2. The number of aliphatic hydroxyl groups excluding tert-OH is 1. The highest BCUT2D eigenvalue weighted by Crippen LogP contribution is 2.18. The first-order valence-corrected chi connectivity index (χ1v) is 4.36. The number of amides is 1. The van der Waals surface area contributed by atoms with Gasteiger partial charge in [0.05, 0.1) is 6.10 Å². The van der Waals surface area contributed by atoms with Gasteiger partial charge in [-0.3, -0.25) is 4.79 Å². The van der Waals surface area contributed by atoms with Crippen LogP contribution in [0.15, 0.2) is 0 Å². The van der Waals surface area contributed by atoms with Crippen molar-refractivity contribution in [2.45, 2.75) is 18.6 Å². The molecule has 5 nitrogen and oxygen atoms in total. The maximum Gasteiger partial charge on any atom is 0.326 e. The second-order valence-corrected chi connectivity index (χ2v) is 3.19. The first kappa shape index (κ1) is 10.3. The van der Waals surface area contributed by atoms with Crippen molar-refractivity contribution in [1.29, 1.82) is 0 Å². The van der Waals surface area contributed by atoms with E-state index in [0.717, 1.165) is 4.90 Å². The van der Waals surface area contributed by atoms with Crippen LogP contribution >= 0.6 is 11.6 Å². The Morgan fingerprint density at radius 2 is 2.15 bits per heavy atom. The number of halogens is 1. The van der Waals surface area contributed by atoms with E-state index < -0.39 is 24.0 Å². The standard InChI is InChI=1S/C7H10ClNO4/c8-2-6(11)9-3-4(10)1-5(9)7(12)13/h4-5,10H,1-3H2,(H,12,13)/t4?,5-/m0/s1. The number of aliphatic carboxylic acids is 1. The molecule has 1 aliphatic rings. The van der Waals surface area contributed by atoms with Gasteiger partial charge in [0.25, 0.3) is 0 Å². The molecule has 2 atom stereocenters. The fourth-order valence-corrected chi connectivity index (χ4v) is 1.55. The van der Waals surface area contributed by atoms with Gasteiger partial charge in [-0.1, -0.05) is 0 Å². The van der Waals surface area contributed by atoms with Crippen molar-refractivity contribution < 1.29 is 19.8 Å². The Hall–Kier alpha value is -0.810.